The number of hydrogen-bond acceptors (Lipinski definition) is 6. The average molecular weight is 336 g/mol. The first-order valence-electron chi connectivity index (χ1n) is 7.27. The van der Waals surface area contributed by atoms with Gasteiger partial charge in [-0.2, -0.15) is 4.31 Å². The molecule has 4 rings (SSSR count). The molecule has 6 nitrogen and oxygen atoms in total. The Balaban J connectivity index is 1.61. The Morgan fingerprint density at radius 1 is 1.09 bits per heavy atom. The number of fused-ring (bicyclic) bond motifs is 1. The molecule has 0 N–H and O–H groups in total. The molecule has 2 saturated heterocycles. The van der Waals surface area contributed by atoms with Crippen LogP contribution in [0.3, 0.4) is 0 Å². The first-order valence-corrected chi connectivity index (χ1v) is 9.59. The highest BCUT2D eigenvalue weighted by Crippen LogP contribution is 2.37. The molecule has 2 aliphatic heterocycles. The molecule has 22 heavy (non-hydrogen) atoms. The first-order chi connectivity index (χ1) is 10.7. The second-order valence-electron chi connectivity index (χ2n) is 5.50. The van der Waals surface area contributed by atoms with E-state index in [9.17, 15) is 8.42 Å². The van der Waals surface area contributed by atoms with E-state index in [2.05, 4.69) is 14.9 Å². The third kappa shape index (κ3) is 2.13. The molecule has 116 valence electrons. The molecule has 0 aromatic carbocycles. The van der Waals surface area contributed by atoms with Crippen LogP contribution in [0.4, 0.5) is 5.95 Å². The van der Waals surface area contributed by atoms with Crippen LogP contribution in [-0.4, -0.2) is 47.9 Å². The van der Waals surface area contributed by atoms with Gasteiger partial charge in [0, 0.05) is 37.6 Å². The van der Waals surface area contributed by atoms with Crippen LogP contribution in [0.2, 0.25) is 0 Å². The van der Waals surface area contributed by atoms with Crippen LogP contribution in [0, 0.1) is 0 Å². The van der Waals surface area contributed by atoms with Crippen molar-refractivity contribution in [3.8, 4) is 0 Å². The maximum atomic E-state index is 12.8. The molecule has 2 aromatic heterocycles. The van der Waals surface area contributed by atoms with Gasteiger partial charge in [0.15, 0.2) is 0 Å². The lowest BCUT2D eigenvalue weighted by Gasteiger charge is -2.24. The van der Waals surface area contributed by atoms with Gasteiger partial charge in [-0.25, -0.2) is 18.4 Å². The Labute approximate surface area is 133 Å². The Morgan fingerprint density at radius 2 is 1.86 bits per heavy atom. The van der Waals surface area contributed by atoms with E-state index in [4.69, 9.17) is 0 Å². The van der Waals surface area contributed by atoms with Gasteiger partial charge in [0.05, 0.1) is 0 Å². The summed E-state index contributed by atoms with van der Waals surface area (Å²) in [5.74, 6) is 0.699. The molecule has 0 radical (unpaired) electrons. The highest BCUT2D eigenvalue weighted by molar-refractivity contribution is 7.91. The summed E-state index contributed by atoms with van der Waals surface area (Å²) < 4.78 is 27.6. The van der Waals surface area contributed by atoms with Crippen LogP contribution in [0.15, 0.2) is 40.2 Å². The summed E-state index contributed by atoms with van der Waals surface area (Å²) in [5, 5.41) is 1.80. The number of thiophene rings is 1. The van der Waals surface area contributed by atoms with Gasteiger partial charge in [-0.3, -0.25) is 0 Å². The van der Waals surface area contributed by atoms with Crippen molar-refractivity contribution >= 4 is 27.3 Å². The zero-order valence-corrected chi connectivity index (χ0v) is 13.5. The third-order valence-electron chi connectivity index (χ3n) is 4.39. The summed E-state index contributed by atoms with van der Waals surface area (Å²) >= 11 is 1.28. The zero-order valence-electron chi connectivity index (χ0n) is 11.9. The number of sulfonamides is 1. The normalized spacial score (nSPS) is 25.5. The standard InChI is InChI=1S/C14H16N4O2S2/c19-22(20,13-3-1-10-21-13)18-9-5-11-12(18)4-8-17(11)14-15-6-2-7-16-14/h1-3,6-7,10-12H,4-5,8-9H2/t11-,12+/m1/s1. The molecule has 2 aliphatic rings. The summed E-state index contributed by atoms with van der Waals surface area (Å²) in [6.07, 6.45) is 5.11. The SMILES string of the molecule is O=S(=O)(c1cccs1)N1CC[C@@H]2[C@@H]1CCN2c1ncccn1. The predicted molar refractivity (Wildman–Crippen MR) is 84.4 cm³/mol. The van der Waals surface area contributed by atoms with Crippen LogP contribution in [0.25, 0.3) is 0 Å². The van der Waals surface area contributed by atoms with E-state index in [-0.39, 0.29) is 12.1 Å². The van der Waals surface area contributed by atoms with E-state index in [0.29, 0.717) is 16.7 Å². The number of aromatic nitrogens is 2. The largest absolute Gasteiger partial charge is 0.336 e. The zero-order chi connectivity index (χ0) is 15.2. The van der Waals surface area contributed by atoms with Gasteiger partial charge in [-0.05, 0) is 30.4 Å². The van der Waals surface area contributed by atoms with Crippen LogP contribution in [0.1, 0.15) is 12.8 Å². The maximum Gasteiger partial charge on any atom is 0.252 e. The monoisotopic (exact) mass is 336 g/mol. The molecule has 0 bridgehead atoms. The van der Waals surface area contributed by atoms with E-state index < -0.39 is 10.0 Å². The maximum absolute atomic E-state index is 12.8. The lowest BCUT2D eigenvalue weighted by atomic mass is 10.1. The van der Waals surface area contributed by atoms with Crippen molar-refractivity contribution in [1.82, 2.24) is 14.3 Å². The van der Waals surface area contributed by atoms with E-state index in [1.165, 1.54) is 11.3 Å². The molecule has 0 spiro atoms. The van der Waals surface area contributed by atoms with Gasteiger partial charge >= 0.3 is 0 Å². The number of nitrogens with zero attached hydrogens (tertiary/aromatic N) is 4. The fraction of sp³-hybridized carbons (Fsp3) is 0.429. The lowest BCUT2D eigenvalue weighted by molar-refractivity contribution is 0.389. The van der Waals surface area contributed by atoms with Crippen LogP contribution < -0.4 is 4.90 Å². The van der Waals surface area contributed by atoms with Gasteiger partial charge in [-0.15, -0.1) is 11.3 Å². The van der Waals surface area contributed by atoms with E-state index in [0.717, 1.165) is 19.4 Å². The fourth-order valence-corrected chi connectivity index (χ4v) is 6.28. The summed E-state index contributed by atoms with van der Waals surface area (Å²) in [5.41, 5.74) is 0. The smallest absolute Gasteiger partial charge is 0.252 e. The van der Waals surface area contributed by atoms with Gasteiger partial charge in [0.25, 0.3) is 10.0 Å². The number of hydrogen-bond donors (Lipinski definition) is 0. The molecule has 0 amide bonds. The topological polar surface area (TPSA) is 66.4 Å². The van der Waals surface area contributed by atoms with Crippen molar-refractivity contribution in [3.63, 3.8) is 0 Å². The molecule has 0 unspecified atom stereocenters. The minimum Gasteiger partial charge on any atom is -0.336 e. The summed E-state index contributed by atoms with van der Waals surface area (Å²) in [7, 11) is -3.37. The third-order valence-corrected chi connectivity index (χ3v) is 7.69. The van der Waals surface area contributed by atoms with Crippen LogP contribution in [-0.2, 0) is 10.0 Å². The van der Waals surface area contributed by atoms with Gasteiger partial charge in [0.1, 0.15) is 4.21 Å². The van der Waals surface area contributed by atoms with Crippen molar-refractivity contribution in [2.45, 2.75) is 29.1 Å². The highest BCUT2D eigenvalue weighted by atomic mass is 32.2. The van der Waals surface area contributed by atoms with Crippen LogP contribution in [0.5, 0.6) is 0 Å². The summed E-state index contributed by atoms with van der Waals surface area (Å²) in [6, 6.07) is 5.46. The predicted octanol–water partition coefficient (Wildman–Crippen LogP) is 1.58. The second-order valence-corrected chi connectivity index (χ2v) is 8.57. The summed E-state index contributed by atoms with van der Waals surface area (Å²) in [4.78, 5) is 10.8. The first kappa shape index (κ1) is 14.1. The van der Waals surface area contributed by atoms with E-state index in [1.807, 2.05) is 0 Å². The molecule has 0 saturated carbocycles. The Hall–Kier alpha value is -1.51. The van der Waals surface area contributed by atoms with Crippen molar-refractivity contribution in [1.29, 1.82) is 0 Å². The Morgan fingerprint density at radius 3 is 2.59 bits per heavy atom. The lowest BCUT2D eigenvalue weighted by Crippen LogP contribution is -2.39. The molecular weight excluding hydrogens is 320 g/mol. The van der Waals surface area contributed by atoms with Crippen LogP contribution >= 0.6 is 11.3 Å². The number of anilines is 1. The minimum absolute atomic E-state index is 0.0240. The van der Waals surface area contributed by atoms with Gasteiger partial charge in [-0.1, -0.05) is 6.07 Å². The number of rotatable bonds is 3. The van der Waals surface area contributed by atoms with Gasteiger partial charge < -0.3 is 4.90 Å². The van der Waals surface area contributed by atoms with Crippen molar-refractivity contribution < 1.29 is 8.42 Å². The highest BCUT2D eigenvalue weighted by Gasteiger charge is 2.48. The van der Waals surface area contributed by atoms with E-state index >= 15 is 0 Å². The molecule has 2 aromatic rings. The fourth-order valence-electron chi connectivity index (χ4n) is 3.46. The Kier molecular flexibility index (Phi) is 3.39. The molecule has 4 heterocycles. The quantitative estimate of drug-likeness (QED) is 0.851. The molecule has 2 atom stereocenters. The molecule has 8 heteroatoms. The van der Waals surface area contributed by atoms with Gasteiger partial charge in [0.2, 0.25) is 5.95 Å². The molecule has 2 fully saturated rings. The van der Waals surface area contributed by atoms with E-state index in [1.54, 1.807) is 40.3 Å². The minimum atomic E-state index is -3.37. The average Bonchev–Trinajstić information content (AvgIpc) is 3.25. The summed E-state index contributed by atoms with van der Waals surface area (Å²) in [6.45, 7) is 1.37. The van der Waals surface area contributed by atoms with Crippen molar-refractivity contribution in [2.24, 2.45) is 0 Å². The molecule has 0 aliphatic carbocycles. The second kappa shape index (κ2) is 5.29. The van der Waals surface area contributed by atoms with Crippen molar-refractivity contribution in [2.75, 3.05) is 18.0 Å². The Bertz CT molecular complexity index is 748. The molecular formula is C14H16N4O2S2. The van der Waals surface area contributed by atoms with Crippen molar-refractivity contribution in [3.05, 3.63) is 36.0 Å².